The fourth-order valence-corrected chi connectivity index (χ4v) is 2.57. The van der Waals surface area contributed by atoms with Crippen LogP contribution in [0, 0.1) is 0 Å². The molecular weight excluding hydrogens is 314 g/mol. The van der Waals surface area contributed by atoms with E-state index in [0.717, 1.165) is 6.42 Å². The second-order valence-electron chi connectivity index (χ2n) is 5.48. The lowest BCUT2D eigenvalue weighted by Gasteiger charge is -2.17. The molecule has 9 nitrogen and oxygen atoms in total. The number of rotatable bonds is 5. The van der Waals surface area contributed by atoms with Crippen LogP contribution in [0.2, 0.25) is 0 Å². The molecule has 3 heterocycles. The molecule has 2 aromatic rings. The minimum atomic E-state index is -0.513. The molecule has 1 fully saturated rings. The fraction of sp³-hybridized carbons (Fsp3) is 0.400. The number of hydrogen-bond acceptors (Lipinski definition) is 6. The Labute approximate surface area is 136 Å². The molecule has 3 rings (SSSR count). The molecule has 0 saturated carbocycles. The lowest BCUT2D eigenvalue weighted by molar-refractivity contribution is -0.130. The van der Waals surface area contributed by atoms with Gasteiger partial charge in [0.15, 0.2) is 0 Å². The number of aromatic nitrogens is 4. The Morgan fingerprint density at radius 3 is 3.00 bits per heavy atom. The zero-order chi connectivity index (χ0) is 16.9. The molecule has 1 saturated heterocycles. The summed E-state index contributed by atoms with van der Waals surface area (Å²) in [4.78, 5) is 38.7. The van der Waals surface area contributed by atoms with Crippen molar-refractivity contribution < 1.29 is 9.53 Å². The SMILES string of the molecule is O=C(CCn1ccc(=O)[nH]c1=O)N1CC[C@H](Oc2cccnn2)C1. The fourth-order valence-electron chi connectivity index (χ4n) is 2.57. The van der Waals surface area contributed by atoms with Crippen molar-refractivity contribution >= 4 is 5.91 Å². The highest BCUT2D eigenvalue weighted by molar-refractivity contribution is 5.76. The van der Waals surface area contributed by atoms with Crippen LogP contribution in [0.5, 0.6) is 5.88 Å². The van der Waals surface area contributed by atoms with Crippen LogP contribution in [0.25, 0.3) is 0 Å². The Morgan fingerprint density at radius 2 is 2.25 bits per heavy atom. The quantitative estimate of drug-likeness (QED) is 0.783. The molecule has 0 bridgehead atoms. The van der Waals surface area contributed by atoms with Gasteiger partial charge in [-0.2, -0.15) is 5.10 Å². The number of hydrogen-bond donors (Lipinski definition) is 1. The van der Waals surface area contributed by atoms with Crippen LogP contribution in [0.3, 0.4) is 0 Å². The van der Waals surface area contributed by atoms with Crippen LogP contribution in [0.1, 0.15) is 12.8 Å². The molecule has 2 aromatic heterocycles. The molecule has 0 unspecified atom stereocenters. The molecule has 1 aliphatic rings. The van der Waals surface area contributed by atoms with Gasteiger partial charge in [-0.3, -0.25) is 14.6 Å². The van der Waals surface area contributed by atoms with Gasteiger partial charge >= 0.3 is 5.69 Å². The third-order valence-electron chi connectivity index (χ3n) is 3.80. The highest BCUT2D eigenvalue weighted by Crippen LogP contribution is 2.16. The number of aryl methyl sites for hydroxylation is 1. The second-order valence-corrected chi connectivity index (χ2v) is 5.48. The normalized spacial score (nSPS) is 17.0. The van der Waals surface area contributed by atoms with Gasteiger partial charge in [0.25, 0.3) is 5.56 Å². The molecule has 1 N–H and O–H groups in total. The summed E-state index contributed by atoms with van der Waals surface area (Å²) in [5.41, 5.74) is -0.966. The zero-order valence-electron chi connectivity index (χ0n) is 12.9. The highest BCUT2D eigenvalue weighted by atomic mass is 16.5. The van der Waals surface area contributed by atoms with Crippen molar-refractivity contribution in [3.8, 4) is 5.88 Å². The van der Waals surface area contributed by atoms with Gasteiger partial charge in [-0.15, -0.1) is 5.10 Å². The summed E-state index contributed by atoms with van der Waals surface area (Å²) in [6.07, 6.45) is 3.75. The number of aromatic amines is 1. The first-order valence-electron chi connectivity index (χ1n) is 7.64. The first kappa shape index (κ1) is 15.9. The summed E-state index contributed by atoms with van der Waals surface area (Å²) in [6, 6.07) is 4.72. The summed E-state index contributed by atoms with van der Waals surface area (Å²) < 4.78 is 7.00. The van der Waals surface area contributed by atoms with E-state index < -0.39 is 11.2 Å². The third kappa shape index (κ3) is 3.86. The number of ether oxygens (including phenoxy) is 1. The summed E-state index contributed by atoms with van der Waals surface area (Å²) in [7, 11) is 0. The molecule has 1 aliphatic heterocycles. The maximum atomic E-state index is 12.2. The lowest BCUT2D eigenvalue weighted by atomic mass is 10.3. The monoisotopic (exact) mass is 331 g/mol. The number of carbonyl (C=O) groups excluding carboxylic acids is 1. The van der Waals surface area contributed by atoms with Gasteiger partial charge in [0.1, 0.15) is 6.10 Å². The van der Waals surface area contributed by atoms with Crippen molar-refractivity contribution in [3.05, 3.63) is 51.4 Å². The summed E-state index contributed by atoms with van der Waals surface area (Å²) in [5, 5.41) is 7.61. The number of H-pyrrole nitrogens is 1. The van der Waals surface area contributed by atoms with E-state index >= 15 is 0 Å². The van der Waals surface area contributed by atoms with Crippen LogP contribution in [-0.2, 0) is 11.3 Å². The Kier molecular flexibility index (Phi) is 4.69. The molecule has 0 spiro atoms. The number of nitrogens with zero attached hydrogens (tertiary/aromatic N) is 4. The molecule has 0 radical (unpaired) electrons. The van der Waals surface area contributed by atoms with Crippen molar-refractivity contribution in [1.29, 1.82) is 0 Å². The molecular formula is C15H17N5O4. The van der Waals surface area contributed by atoms with Crippen molar-refractivity contribution in [3.63, 3.8) is 0 Å². The second kappa shape index (κ2) is 7.07. The van der Waals surface area contributed by atoms with Crippen molar-refractivity contribution in [2.24, 2.45) is 0 Å². The number of nitrogens with one attached hydrogen (secondary N) is 1. The van der Waals surface area contributed by atoms with Gasteiger partial charge in [-0.25, -0.2) is 4.79 Å². The topological polar surface area (TPSA) is 110 Å². The van der Waals surface area contributed by atoms with Gasteiger partial charge < -0.3 is 14.2 Å². The molecule has 9 heteroatoms. The molecule has 24 heavy (non-hydrogen) atoms. The van der Waals surface area contributed by atoms with Crippen molar-refractivity contribution in [2.75, 3.05) is 13.1 Å². The molecule has 0 aliphatic carbocycles. The molecule has 1 amide bonds. The van der Waals surface area contributed by atoms with E-state index in [1.807, 2.05) is 0 Å². The van der Waals surface area contributed by atoms with Crippen LogP contribution < -0.4 is 16.0 Å². The van der Waals surface area contributed by atoms with Gasteiger partial charge in [0.05, 0.1) is 6.54 Å². The molecule has 1 atom stereocenters. The van der Waals surface area contributed by atoms with E-state index in [0.29, 0.717) is 19.0 Å². The number of likely N-dealkylation sites (tertiary alicyclic amines) is 1. The first-order chi connectivity index (χ1) is 11.6. The van der Waals surface area contributed by atoms with Gasteiger partial charge in [0, 0.05) is 50.5 Å². The Hall–Kier alpha value is -2.97. The molecule has 126 valence electrons. The number of amides is 1. The highest BCUT2D eigenvalue weighted by Gasteiger charge is 2.27. The minimum absolute atomic E-state index is 0.0571. The minimum Gasteiger partial charge on any atom is -0.471 e. The van der Waals surface area contributed by atoms with E-state index in [1.54, 1.807) is 23.2 Å². The summed E-state index contributed by atoms with van der Waals surface area (Å²) in [6.45, 7) is 1.31. The predicted molar refractivity (Wildman–Crippen MR) is 83.6 cm³/mol. The van der Waals surface area contributed by atoms with Crippen LogP contribution in [-0.4, -0.2) is 49.7 Å². The first-order valence-corrected chi connectivity index (χ1v) is 7.64. The van der Waals surface area contributed by atoms with Gasteiger partial charge in [-0.05, 0) is 6.07 Å². The predicted octanol–water partition coefficient (Wildman–Crippen LogP) is -0.603. The summed E-state index contributed by atoms with van der Waals surface area (Å²) in [5.74, 6) is 0.384. The maximum Gasteiger partial charge on any atom is 0.328 e. The Morgan fingerprint density at radius 1 is 1.38 bits per heavy atom. The van der Waals surface area contributed by atoms with Gasteiger partial charge in [0.2, 0.25) is 11.8 Å². The zero-order valence-corrected chi connectivity index (χ0v) is 12.9. The van der Waals surface area contributed by atoms with Crippen molar-refractivity contribution in [1.82, 2.24) is 24.6 Å². The van der Waals surface area contributed by atoms with Crippen molar-refractivity contribution in [2.45, 2.75) is 25.5 Å². The van der Waals surface area contributed by atoms with Gasteiger partial charge in [-0.1, -0.05) is 0 Å². The summed E-state index contributed by atoms with van der Waals surface area (Å²) >= 11 is 0. The van der Waals surface area contributed by atoms with Crippen LogP contribution in [0.15, 0.2) is 40.2 Å². The van der Waals surface area contributed by atoms with E-state index in [-0.39, 0.29) is 25.0 Å². The smallest absolute Gasteiger partial charge is 0.328 e. The lowest BCUT2D eigenvalue weighted by Crippen LogP contribution is -2.34. The third-order valence-corrected chi connectivity index (χ3v) is 3.80. The Balaban J connectivity index is 1.51. The van der Waals surface area contributed by atoms with E-state index in [4.69, 9.17) is 4.74 Å². The average Bonchev–Trinajstić information content (AvgIpc) is 3.03. The van der Waals surface area contributed by atoms with E-state index in [1.165, 1.54) is 16.8 Å². The standard InChI is InChI=1S/C15H17N5O4/c21-12-4-8-19(15(23)17-12)9-5-14(22)20-7-3-11(10-20)24-13-2-1-6-16-18-13/h1-2,4,6,8,11H,3,5,7,9-10H2,(H,17,21,23)/t11-/m0/s1. The maximum absolute atomic E-state index is 12.2. The van der Waals surface area contributed by atoms with E-state index in [2.05, 4.69) is 15.2 Å². The Bertz CT molecular complexity index is 816. The average molecular weight is 331 g/mol. The largest absolute Gasteiger partial charge is 0.471 e. The molecule has 0 aromatic carbocycles. The van der Waals surface area contributed by atoms with Crippen LogP contribution >= 0.6 is 0 Å². The van der Waals surface area contributed by atoms with E-state index in [9.17, 15) is 14.4 Å². The number of carbonyl (C=O) groups is 1. The van der Waals surface area contributed by atoms with Crippen LogP contribution in [0.4, 0.5) is 0 Å².